The highest BCUT2D eigenvalue weighted by Gasteiger charge is 2.51. The van der Waals surface area contributed by atoms with Crippen molar-refractivity contribution in [1.29, 1.82) is 0 Å². The van der Waals surface area contributed by atoms with E-state index in [-0.39, 0.29) is 38.8 Å². The van der Waals surface area contributed by atoms with Gasteiger partial charge in [-0.15, -0.1) is 0 Å². The van der Waals surface area contributed by atoms with Crippen molar-refractivity contribution in [1.82, 2.24) is 10.2 Å². The molecule has 0 unspecified atom stereocenters. The predicted molar refractivity (Wildman–Crippen MR) is 123 cm³/mol. The molecular weight excluding hydrogens is 486 g/mol. The van der Waals surface area contributed by atoms with E-state index in [2.05, 4.69) is 5.32 Å². The summed E-state index contributed by atoms with van der Waals surface area (Å²) in [5.74, 6) is -2.35. The van der Waals surface area contributed by atoms with Crippen molar-refractivity contribution in [2.24, 2.45) is 5.92 Å². The monoisotopic (exact) mass is 510 g/mol. The van der Waals surface area contributed by atoms with Gasteiger partial charge in [0.2, 0.25) is 5.91 Å². The number of fused-ring (bicyclic) bond motifs is 1. The molecule has 1 saturated heterocycles. The highest BCUT2D eigenvalue weighted by atomic mass is 35.5. The lowest BCUT2D eigenvalue weighted by Gasteiger charge is -2.37. The Morgan fingerprint density at radius 3 is 2.56 bits per heavy atom. The molecule has 10 heteroatoms. The van der Waals surface area contributed by atoms with Gasteiger partial charge in [-0.05, 0) is 62.4 Å². The zero-order valence-corrected chi connectivity index (χ0v) is 20.3. The van der Waals surface area contributed by atoms with E-state index in [0.29, 0.717) is 6.42 Å². The molecule has 2 amide bonds. The van der Waals surface area contributed by atoms with Crippen LogP contribution in [0.4, 0.5) is 8.78 Å². The van der Waals surface area contributed by atoms with Gasteiger partial charge in [-0.2, -0.15) is 0 Å². The molecular formula is C24H25ClF2N2O4S. The van der Waals surface area contributed by atoms with E-state index in [9.17, 15) is 26.8 Å². The molecule has 0 bridgehead atoms. The molecule has 0 radical (unpaired) electrons. The highest BCUT2D eigenvalue weighted by Crippen LogP contribution is 2.44. The SMILES string of the molecule is CCS(=O)(=O)c1cccc(C(=O)N2[C@@H](C(=O)N[C@H](C)c3cc(F)c(Cl)cc3F)C[C@H]3CC[C@H]32)c1. The van der Waals surface area contributed by atoms with Gasteiger partial charge < -0.3 is 10.2 Å². The second kappa shape index (κ2) is 9.26. The number of nitrogens with zero attached hydrogens (tertiary/aromatic N) is 1. The number of carbonyl (C=O) groups is 2. The largest absolute Gasteiger partial charge is 0.348 e. The van der Waals surface area contributed by atoms with Gasteiger partial charge in [0.25, 0.3) is 5.91 Å². The van der Waals surface area contributed by atoms with Gasteiger partial charge >= 0.3 is 0 Å². The van der Waals surface area contributed by atoms with Gasteiger partial charge in [0.05, 0.1) is 21.7 Å². The number of nitrogens with one attached hydrogen (secondary N) is 1. The molecule has 34 heavy (non-hydrogen) atoms. The van der Waals surface area contributed by atoms with Crippen LogP contribution in [0.15, 0.2) is 41.3 Å². The van der Waals surface area contributed by atoms with Gasteiger partial charge in [0.1, 0.15) is 17.7 Å². The molecule has 1 saturated carbocycles. The molecule has 2 aromatic rings. The normalized spacial score (nSPS) is 22.6. The van der Waals surface area contributed by atoms with Crippen LogP contribution < -0.4 is 5.32 Å². The van der Waals surface area contributed by atoms with Crippen LogP contribution in [0.2, 0.25) is 5.02 Å². The van der Waals surface area contributed by atoms with Crippen molar-refractivity contribution in [3.63, 3.8) is 0 Å². The third-order valence-electron chi connectivity index (χ3n) is 6.82. The van der Waals surface area contributed by atoms with Crippen LogP contribution in [-0.4, -0.2) is 43.0 Å². The molecule has 182 valence electrons. The number of hydrogen-bond acceptors (Lipinski definition) is 4. The maximum Gasteiger partial charge on any atom is 0.254 e. The Morgan fingerprint density at radius 2 is 1.91 bits per heavy atom. The van der Waals surface area contributed by atoms with Crippen molar-refractivity contribution < 1.29 is 26.8 Å². The number of likely N-dealkylation sites (tertiary alicyclic amines) is 1. The predicted octanol–water partition coefficient (Wildman–Crippen LogP) is 4.28. The number of hydrogen-bond donors (Lipinski definition) is 1. The quantitative estimate of drug-likeness (QED) is 0.588. The van der Waals surface area contributed by atoms with Crippen molar-refractivity contribution in [2.75, 3.05) is 5.75 Å². The number of rotatable bonds is 6. The van der Waals surface area contributed by atoms with Crippen molar-refractivity contribution in [3.8, 4) is 0 Å². The minimum atomic E-state index is -3.50. The standard InChI is InChI=1S/C24H25ClF2N2O4S/c1-3-34(32,33)16-6-4-5-15(9-16)24(31)29-21-8-7-14(21)10-22(29)23(30)28-13(2)17-11-20(27)18(25)12-19(17)26/h4-6,9,11-14,21-22H,3,7-8,10H2,1-2H3,(H,28,30)/t13-,14-,21-,22-/m1/s1. The summed E-state index contributed by atoms with van der Waals surface area (Å²) in [4.78, 5) is 28.2. The van der Waals surface area contributed by atoms with Gasteiger partial charge in [0.15, 0.2) is 9.84 Å². The van der Waals surface area contributed by atoms with Gasteiger partial charge in [0, 0.05) is 17.2 Å². The fourth-order valence-electron chi connectivity index (χ4n) is 4.74. The Labute approximate surface area is 202 Å². The number of sulfone groups is 1. The Hall–Kier alpha value is -2.52. The summed E-state index contributed by atoms with van der Waals surface area (Å²) in [6.07, 6.45) is 2.09. The molecule has 0 spiro atoms. The molecule has 0 aromatic heterocycles. The molecule has 2 aliphatic rings. The molecule has 1 aliphatic heterocycles. The van der Waals surface area contributed by atoms with Crippen molar-refractivity contribution in [2.45, 2.75) is 56.1 Å². The maximum absolute atomic E-state index is 14.3. The van der Waals surface area contributed by atoms with E-state index >= 15 is 0 Å². The third-order valence-corrected chi connectivity index (χ3v) is 8.84. The number of amides is 2. The first-order valence-corrected chi connectivity index (χ1v) is 13.2. The molecule has 6 nitrogen and oxygen atoms in total. The summed E-state index contributed by atoms with van der Waals surface area (Å²) in [6.45, 7) is 3.05. The van der Waals surface area contributed by atoms with Crippen molar-refractivity contribution in [3.05, 3.63) is 64.2 Å². The summed E-state index contributed by atoms with van der Waals surface area (Å²) in [6, 6.07) is 5.88. The second-order valence-corrected chi connectivity index (χ2v) is 11.5. The zero-order chi connectivity index (χ0) is 24.8. The average Bonchev–Trinajstić information content (AvgIpc) is 3.05. The van der Waals surface area contributed by atoms with Crippen LogP contribution in [0.25, 0.3) is 0 Å². The first-order chi connectivity index (χ1) is 16.0. The highest BCUT2D eigenvalue weighted by molar-refractivity contribution is 7.91. The smallest absolute Gasteiger partial charge is 0.254 e. The third kappa shape index (κ3) is 4.43. The van der Waals surface area contributed by atoms with Gasteiger partial charge in [-0.3, -0.25) is 9.59 Å². The summed E-state index contributed by atoms with van der Waals surface area (Å²) >= 11 is 5.62. The Balaban J connectivity index is 1.58. The summed E-state index contributed by atoms with van der Waals surface area (Å²) in [5.41, 5.74) is 0.144. The lowest BCUT2D eigenvalue weighted by molar-refractivity contribution is -0.125. The second-order valence-electron chi connectivity index (χ2n) is 8.82. The topological polar surface area (TPSA) is 83.6 Å². The van der Waals surface area contributed by atoms with Crippen LogP contribution in [0.5, 0.6) is 0 Å². The number of halogens is 3. The van der Waals surface area contributed by atoms with Gasteiger partial charge in [-0.1, -0.05) is 24.6 Å². The van der Waals surface area contributed by atoms with Crippen LogP contribution in [0, 0.1) is 17.6 Å². The molecule has 2 aromatic carbocycles. The first-order valence-electron chi connectivity index (χ1n) is 11.1. The molecule has 1 N–H and O–H groups in total. The molecule has 1 heterocycles. The lowest BCUT2D eigenvalue weighted by Crippen LogP contribution is -2.51. The molecule has 2 fully saturated rings. The van der Waals surface area contributed by atoms with Crippen molar-refractivity contribution >= 4 is 33.3 Å². The molecule has 4 rings (SSSR count). The Morgan fingerprint density at radius 1 is 1.18 bits per heavy atom. The summed E-state index contributed by atoms with van der Waals surface area (Å²) in [7, 11) is -3.50. The van der Waals surface area contributed by atoms with E-state index < -0.39 is 45.4 Å². The zero-order valence-electron chi connectivity index (χ0n) is 18.7. The van der Waals surface area contributed by atoms with Gasteiger partial charge in [-0.25, -0.2) is 17.2 Å². The molecule has 4 atom stereocenters. The van der Waals surface area contributed by atoms with E-state index in [1.807, 2.05) is 0 Å². The first kappa shape index (κ1) is 24.6. The lowest BCUT2D eigenvalue weighted by atomic mass is 9.80. The molecule has 1 aliphatic carbocycles. The average molecular weight is 511 g/mol. The van der Waals surface area contributed by atoms with Crippen LogP contribution in [0.3, 0.4) is 0 Å². The maximum atomic E-state index is 14.3. The minimum Gasteiger partial charge on any atom is -0.348 e. The fourth-order valence-corrected chi connectivity index (χ4v) is 5.82. The number of carbonyl (C=O) groups excluding carboxylic acids is 2. The fraction of sp³-hybridized carbons (Fsp3) is 0.417. The van der Waals surface area contributed by atoms with E-state index in [1.165, 1.54) is 43.0 Å². The van der Waals surface area contributed by atoms with E-state index in [4.69, 9.17) is 11.6 Å². The van der Waals surface area contributed by atoms with Crippen LogP contribution in [-0.2, 0) is 14.6 Å². The summed E-state index contributed by atoms with van der Waals surface area (Å²) in [5, 5.41) is 2.35. The Bertz CT molecular complexity index is 1250. The van der Waals surface area contributed by atoms with Crippen LogP contribution >= 0.6 is 11.6 Å². The number of benzene rings is 2. The Kier molecular flexibility index (Phi) is 6.70. The summed E-state index contributed by atoms with van der Waals surface area (Å²) < 4.78 is 52.7. The minimum absolute atomic E-state index is 0.0495. The van der Waals surface area contributed by atoms with Crippen LogP contribution in [0.1, 0.15) is 55.1 Å². The van der Waals surface area contributed by atoms with E-state index in [1.54, 1.807) is 0 Å². The van der Waals surface area contributed by atoms with E-state index in [0.717, 1.165) is 25.0 Å².